The van der Waals surface area contributed by atoms with Crippen LogP contribution in [0.2, 0.25) is 0 Å². The first-order chi connectivity index (χ1) is 16.8. The number of hydrogen-bond acceptors (Lipinski definition) is 8. The number of thiazole rings is 1. The van der Waals surface area contributed by atoms with Gasteiger partial charge in [0.05, 0.1) is 12.8 Å². The summed E-state index contributed by atoms with van der Waals surface area (Å²) in [5.74, 6) is -2.20. The van der Waals surface area contributed by atoms with Gasteiger partial charge in [0.15, 0.2) is 0 Å². The van der Waals surface area contributed by atoms with Crippen LogP contribution >= 0.6 is 11.3 Å². The van der Waals surface area contributed by atoms with Crippen LogP contribution in [0, 0.1) is 5.92 Å². The van der Waals surface area contributed by atoms with Crippen LogP contribution in [0.5, 0.6) is 0 Å². The Morgan fingerprint density at radius 2 is 1.77 bits per heavy atom. The van der Waals surface area contributed by atoms with Gasteiger partial charge in [-0.15, -0.1) is 11.3 Å². The minimum absolute atomic E-state index is 0.00302. The van der Waals surface area contributed by atoms with Crippen LogP contribution in [0.3, 0.4) is 0 Å². The molecule has 1 aliphatic rings. The van der Waals surface area contributed by atoms with Gasteiger partial charge in [0.25, 0.3) is 11.8 Å². The van der Waals surface area contributed by atoms with E-state index in [1.807, 2.05) is 24.3 Å². The first-order valence-electron chi connectivity index (χ1n) is 10.8. The monoisotopic (exact) mass is 498 g/mol. The number of hydrogen-bond donors (Lipinski definition) is 3. The highest BCUT2D eigenvalue weighted by atomic mass is 32.1. The number of carbonyl (C=O) groups is 4. The maximum absolute atomic E-state index is 12.4. The van der Waals surface area contributed by atoms with Crippen LogP contribution < -0.4 is 16.0 Å². The Kier molecular flexibility index (Phi) is 8.87. The number of nitrogens with zero attached hydrogens (tertiary/aromatic N) is 1. The van der Waals surface area contributed by atoms with E-state index in [-0.39, 0.29) is 28.9 Å². The Hall–Kier alpha value is -3.83. The number of benzene rings is 1. The third-order valence-corrected chi connectivity index (χ3v) is 6.12. The molecule has 1 aliphatic heterocycles. The summed E-state index contributed by atoms with van der Waals surface area (Å²) < 4.78 is 9.73. The zero-order valence-corrected chi connectivity index (χ0v) is 20.0. The number of esters is 1. The normalized spacial score (nSPS) is 13.4. The molecule has 10 nitrogen and oxygen atoms in total. The Morgan fingerprint density at radius 3 is 2.43 bits per heavy atom. The van der Waals surface area contributed by atoms with Crippen LogP contribution in [0.25, 0.3) is 10.6 Å². The van der Waals surface area contributed by atoms with Gasteiger partial charge in [0.2, 0.25) is 5.91 Å². The fourth-order valence-corrected chi connectivity index (χ4v) is 4.02. The zero-order chi connectivity index (χ0) is 25.4. The number of amides is 3. The van der Waals surface area contributed by atoms with Crippen molar-refractivity contribution in [2.24, 2.45) is 5.92 Å². The lowest BCUT2D eigenvalue weighted by Gasteiger charge is -2.21. The van der Waals surface area contributed by atoms with Crippen molar-refractivity contribution in [1.29, 1.82) is 0 Å². The van der Waals surface area contributed by atoms with Crippen LogP contribution in [0.1, 0.15) is 28.9 Å². The topological polar surface area (TPSA) is 136 Å². The average molecular weight is 499 g/mol. The molecule has 0 aliphatic carbocycles. The minimum atomic E-state index is -0.811. The smallest absolute Gasteiger partial charge is 0.353 e. The summed E-state index contributed by atoms with van der Waals surface area (Å²) in [4.78, 5) is 52.4. The first-order valence-corrected chi connectivity index (χ1v) is 11.7. The molecule has 0 spiro atoms. The lowest BCUT2D eigenvalue weighted by Crippen LogP contribution is -2.35. The van der Waals surface area contributed by atoms with Gasteiger partial charge in [-0.3, -0.25) is 14.4 Å². The molecular weight excluding hydrogens is 472 g/mol. The summed E-state index contributed by atoms with van der Waals surface area (Å²) in [6, 6.07) is 7.50. The maximum Gasteiger partial charge on any atom is 0.353 e. The van der Waals surface area contributed by atoms with E-state index in [0.717, 1.165) is 31.1 Å². The minimum Gasteiger partial charge on any atom is -0.464 e. The number of aromatic nitrogens is 1. The van der Waals surface area contributed by atoms with Crippen LogP contribution in [-0.2, 0) is 30.4 Å². The lowest BCUT2D eigenvalue weighted by molar-refractivity contribution is -0.137. The molecule has 1 saturated heterocycles. The van der Waals surface area contributed by atoms with Crippen molar-refractivity contribution in [1.82, 2.24) is 20.9 Å². The molecule has 184 valence electrons. The van der Waals surface area contributed by atoms with Gasteiger partial charge in [0.1, 0.15) is 16.4 Å². The van der Waals surface area contributed by atoms with Crippen LogP contribution in [0.15, 0.2) is 54.2 Å². The maximum atomic E-state index is 12.4. The molecule has 0 atom stereocenters. The van der Waals surface area contributed by atoms with Crippen molar-refractivity contribution in [3.63, 3.8) is 0 Å². The third-order valence-electron chi connectivity index (χ3n) is 5.23. The molecule has 1 aromatic heterocycles. The van der Waals surface area contributed by atoms with Gasteiger partial charge in [-0.25, -0.2) is 9.78 Å². The Balaban J connectivity index is 1.52. The summed E-state index contributed by atoms with van der Waals surface area (Å²) >= 11 is 1.27. The summed E-state index contributed by atoms with van der Waals surface area (Å²) in [6.45, 7) is 8.53. The van der Waals surface area contributed by atoms with Gasteiger partial charge < -0.3 is 25.4 Å². The van der Waals surface area contributed by atoms with Crippen molar-refractivity contribution >= 4 is 35.0 Å². The molecule has 0 saturated carbocycles. The molecule has 35 heavy (non-hydrogen) atoms. The van der Waals surface area contributed by atoms with E-state index in [4.69, 9.17) is 4.74 Å². The van der Waals surface area contributed by atoms with Gasteiger partial charge >= 0.3 is 5.97 Å². The van der Waals surface area contributed by atoms with E-state index < -0.39 is 17.8 Å². The lowest BCUT2D eigenvalue weighted by atomic mass is 9.99. The van der Waals surface area contributed by atoms with Gasteiger partial charge in [-0.2, -0.15) is 0 Å². The molecule has 0 bridgehead atoms. The molecule has 2 heterocycles. The molecule has 1 fully saturated rings. The average Bonchev–Trinajstić information content (AvgIpc) is 3.38. The second-order valence-electron chi connectivity index (χ2n) is 7.70. The molecule has 11 heteroatoms. The number of methoxy groups -OCH3 is 1. The Bertz CT molecular complexity index is 1140. The molecule has 3 N–H and O–H groups in total. The van der Waals surface area contributed by atoms with Gasteiger partial charge in [0, 0.05) is 36.6 Å². The summed E-state index contributed by atoms with van der Waals surface area (Å²) in [7, 11) is 1.15. The number of carbonyl (C=O) groups excluding carboxylic acids is 4. The predicted molar refractivity (Wildman–Crippen MR) is 129 cm³/mol. The van der Waals surface area contributed by atoms with Crippen LogP contribution in [0.4, 0.5) is 0 Å². The fourth-order valence-electron chi connectivity index (χ4n) is 3.21. The van der Waals surface area contributed by atoms with E-state index in [1.165, 1.54) is 11.3 Å². The standard InChI is InChI=1S/C24H26N4O6S/c1-14(20(29)27-15(2)24(32)33-3)26-22(31)19-13-35-23(28-19)18-6-4-16(5-7-18)12-25-21(30)17-8-10-34-11-9-17/h4-7,13,17H,1-2,8-12H2,3H3,(H,25,30)(H,26,31)(H,27,29). The summed E-state index contributed by atoms with van der Waals surface area (Å²) in [6.07, 6.45) is 1.48. The highest BCUT2D eigenvalue weighted by Gasteiger charge is 2.21. The van der Waals surface area contributed by atoms with Crippen molar-refractivity contribution in [2.45, 2.75) is 19.4 Å². The van der Waals surface area contributed by atoms with E-state index in [0.29, 0.717) is 24.8 Å². The van der Waals surface area contributed by atoms with Crippen molar-refractivity contribution in [2.75, 3.05) is 20.3 Å². The van der Waals surface area contributed by atoms with Crippen molar-refractivity contribution in [3.05, 3.63) is 65.5 Å². The van der Waals surface area contributed by atoms with E-state index in [1.54, 1.807) is 5.38 Å². The van der Waals surface area contributed by atoms with E-state index in [9.17, 15) is 19.2 Å². The molecule has 0 unspecified atom stereocenters. The molecule has 2 aromatic rings. The van der Waals surface area contributed by atoms with Crippen molar-refractivity contribution < 1.29 is 28.7 Å². The quantitative estimate of drug-likeness (QED) is 0.355. The molecule has 3 rings (SSSR count). The zero-order valence-electron chi connectivity index (χ0n) is 19.2. The second kappa shape index (κ2) is 12.0. The summed E-state index contributed by atoms with van der Waals surface area (Å²) in [5.41, 5.74) is 1.30. The molecular formula is C24H26N4O6S. The highest BCUT2D eigenvalue weighted by molar-refractivity contribution is 7.13. The van der Waals surface area contributed by atoms with Crippen molar-refractivity contribution in [3.8, 4) is 10.6 Å². The van der Waals surface area contributed by atoms with Crippen LogP contribution in [-0.4, -0.2) is 49.0 Å². The van der Waals surface area contributed by atoms with E-state index >= 15 is 0 Å². The molecule has 0 radical (unpaired) electrons. The summed E-state index contributed by atoms with van der Waals surface area (Å²) in [5, 5.41) is 9.67. The Morgan fingerprint density at radius 1 is 1.09 bits per heavy atom. The predicted octanol–water partition coefficient (Wildman–Crippen LogP) is 1.90. The largest absolute Gasteiger partial charge is 0.464 e. The SMILES string of the molecule is C=C(NC(=O)c1csc(-c2ccc(CNC(=O)C3CCOCC3)cc2)n1)C(=O)NC(=C)C(=O)OC. The first kappa shape index (κ1) is 25.8. The van der Waals surface area contributed by atoms with Gasteiger partial charge in [-0.05, 0) is 18.4 Å². The number of nitrogens with one attached hydrogen (secondary N) is 3. The van der Waals surface area contributed by atoms with E-state index in [2.05, 4.69) is 38.8 Å². The highest BCUT2D eigenvalue weighted by Crippen LogP contribution is 2.24. The Labute approximate surface area is 206 Å². The second-order valence-corrected chi connectivity index (χ2v) is 8.55. The molecule has 3 amide bonds. The number of rotatable bonds is 9. The third kappa shape index (κ3) is 7.08. The van der Waals surface area contributed by atoms with Gasteiger partial charge in [-0.1, -0.05) is 37.4 Å². The molecule has 1 aromatic carbocycles. The fraction of sp³-hybridized carbons (Fsp3) is 0.292. The number of ether oxygens (including phenoxy) is 2.